The van der Waals surface area contributed by atoms with E-state index in [4.69, 9.17) is 4.98 Å². The molecule has 40 heavy (non-hydrogen) atoms. The number of rotatable bonds is 5. The number of aryl methyl sites for hydroxylation is 1. The van der Waals surface area contributed by atoms with Gasteiger partial charge in [0.15, 0.2) is 11.5 Å². The maximum absolute atomic E-state index is 14.2. The minimum atomic E-state index is -0.294. The van der Waals surface area contributed by atoms with Crippen LogP contribution in [0.1, 0.15) is 32.8 Å². The quantitative estimate of drug-likeness (QED) is 0.220. The molecule has 4 aromatic heterocycles. The number of amides is 1. The van der Waals surface area contributed by atoms with Gasteiger partial charge in [0.2, 0.25) is 5.91 Å². The number of carbonyl (C=O) groups is 1. The number of anilines is 1. The second-order valence-corrected chi connectivity index (χ2v) is 11.2. The molecule has 0 aliphatic carbocycles. The van der Waals surface area contributed by atoms with Crippen LogP contribution >= 0.6 is 0 Å². The van der Waals surface area contributed by atoms with E-state index in [1.54, 1.807) is 18.6 Å². The molecule has 200 valence electrons. The van der Waals surface area contributed by atoms with E-state index < -0.39 is 0 Å². The van der Waals surface area contributed by atoms with Gasteiger partial charge in [0, 0.05) is 35.3 Å². The number of hydrogen-bond acceptors (Lipinski definition) is 5. The largest absolute Gasteiger partial charge is 0.335 e. The second kappa shape index (κ2) is 9.68. The lowest BCUT2D eigenvalue weighted by Gasteiger charge is -2.17. The van der Waals surface area contributed by atoms with Crippen LogP contribution in [0.25, 0.3) is 55.8 Å². The SMILES string of the molecule is Cc1cc(F)cc(-c2ccnc3nc(-c4n[nH]c5ccc(-c6cncc(NC(=O)CC(C)(C)C)c6)cc45)[nH]c23)c1. The summed E-state index contributed by atoms with van der Waals surface area (Å²) in [6.07, 6.45) is 5.49. The van der Waals surface area contributed by atoms with E-state index in [9.17, 15) is 9.18 Å². The number of halogens is 1. The van der Waals surface area contributed by atoms with Crippen LogP contribution in [0.4, 0.5) is 10.1 Å². The first kappa shape index (κ1) is 25.4. The minimum Gasteiger partial charge on any atom is -0.335 e. The van der Waals surface area contributed by atoms with Crippen LogP contribution in [0.5, 0.6) is 0 Å². The van der Waals surface area contributed by atoms with E-state index in [2.05, 4.69) is 30.5 Å². The summed E-state index contributed by atoms with van der Waals surface area (Å²) in [7, 11) is 0. The number of nitrogens with one attached hydrogen (secondary N) is 3. The highest BCUT2D eigenvalue weighted by molar-refractivity contribution is 5.98. The van der Waals surface area contributed by atoms with Gasteiger partial charge in [0.1, 0.15) is 11.5 Å². The predicted octanol–water partition coefficient (Wildman–Crippen LogP) is 7.05. The molecule has 0 aliphatic rings. The smallest absolute Gasteiger partial charge is 0.224 e. The van der Waals surface area contributed by atoms with Gasteiger partial charge in [-0.2, -0.15) is 5.10 Å². The monoisotopic (exact) mass is 533 g/mol. The fraction of sp³-hybridized carbons (Fsp3) is 0.194. The van der Waals surface area contributed by atoms with Gasteiger partial charge >= 0.3 is 0 Å². The predicted molar refractivity (Wildman–Crippen MR) is 155 cm³/mol. The Morgan fingerprint density at radius 1 is 1.00 bits per heavy atom. The van der Waals surface area contributed by atoms with Crippen molar-refractivity contribution in [2.24, 2.45) is 5.41 Å². The van der Waals surface area contributed by atoms with Gasteiger partial charge < -0.3 is 10.3 Å². The highest BCUT2D eigenvalue weighted by Gasteiger charge is 2.18. The van der Waals surface area contributed by atoms with Gasteiger partial charge in [0.25, 0.3) is 0 Å². The molecule has 0 aliphatic heterocycles. The van der Waals surface area contributed by atoms with Gasteiger partial charge in [-0.3, -0.25) is 14.9 Å². The van der Waals surface area contributed by atoms with E-state index in [1.165, 1.54) is 12.1 Å². The summed E-state index contributed by atoms with van der Waals surface area (Å²) in [5.41, 5.74) is 7.40. The van der Waals surface area contributed by atoms with Crippen molar-refractivity contribution < 1.29 is 9.18 Å². The molecular formula is C31H28FN7O. The lowest BCUT2D eigenvalue weighted by molar-refractivity contribution is -0.117. The molecule has 0 saturated heterocycles. The zero-order chi connectivity index (χ0) is 28.0. The molecule has 0 fully saturated rings. The van der Waals surface area contributed by atoms with Crippen LogP contribution in [0.15, 0.2) is 67.1 Å². The Labute approximate surface area is 230 Å². The van der Waals surface area contributed by atoms with Crippen LogP contribution in [0.3, 0.4) is 0 Å². The van der Waals surface area contributed by atoms with Gasteiger partial charge in [0.05, 0.1) is 22.9 Å². The van der Waals surface area contributed by atoms with Crippen molar-refractivity contribution >= 4 is 33.7 Å². The van der Waals surface area contributed by atoms with Gasteiger partial charge in [-0.15, -0.1) is 0 Å². The molecule has 6 aromatic rings. The number of pyridine rings is 2. The molecular weight excluding hydrogens is 505 g/mol. The van der Waals surface area contributed by atoms with Gasteiger partial charge in [-0.05, 0) is 65.4 Å². The fourth-order valence-corrected chi connectivity index (χ4v) is 4.88. The summed E-state index contributed by atoms with van der Waals surface area (Å²) in [4.78, 5) is 29.3. The van der Waals surface area contributed by atoms with Crippen LogP contribution in [0, 0.1) is 18.2 Å². The zero-order valence-corrected chi connectivity index (χ0v) is 22.6. The summed E-state index contributed by atoms with van der Waals surface area (Å²) in [5, 5.41) is 11.4. The number of hydrogen-bond donors (Lipinski definition) is 3. The Hall–Kier alpha value is -4.92. The molecule has 2 aromatic carbocycles. The Morgan fingerprint density at radius 2 is 1.85 bits per heavy atom. The third-order valence-corrected chi connectivity index (χ3v) is 6.58. The van der Waals surface area contributed by atoms with Crippen LogP contribution in [-0.2, 0) is 4.79 Å². The summed E-state index contributed by atoms with van der Waals surface area (Å²) >= 11 is 0. The molecule has 1 amide bonds. The van der Waals surface area contributed by atoms with Crippen LogP contribution in [-0.4, -0.2) is 36.0 Å². The normalized spacial score (nSPS) is 11.8. The molecule has 6 rings (SSSR count). The molecule has 9 heteroatoms. The van der Waals surface area contributed by atoms with E-state index in [-0.39, 0.29) is 17.1 Å². The average Bonchev–Trinajstić information content (AvgIpc) is 3.50. The standard InChI is InChI=1S/C31H28FN7O/c1-17-9-19(11-21(32)10-17)23-7-8-34-29-27(23)36-30(37-29)28-24-13-18(5-6-25(24)38-39-28)20-12-22(16-33-15-20)35-26(40)14-31(2,3)4/h5-13,15-16H,14H2,1-4H3,(H,35,40)(H,38,39)(H,34,36,37). The van der Waals surface area contributed by atoms with Gasteiger partial charge in [-0.1, -0.05) is 32.9 Å². The number of carbonyl (C=O) groups excluding carboxylic acids is 1. The van der Waals surface area contributed by atoms with Crippen molar-refractivity contribution in [2.45, 2.75) is 34.1 Å². The Kier molecular flexibility index (Phi) is 6.14. The number of aromatic amines is 2. The number of fused-ring (bicyclic) bond motifs is 2. The maximum atomic E-state index is 14.2. The minimum absolute atomic E-state index is 0.0507. The Balaban J connectivity index is 1.37. The van der Waals surface area contributed by atoms with Crippen molar-refractivity contribution in [3.8, 4) is 33.8 Å². The molecule has 8 nitrogen and oxygen atoms in total. The van der Waals surface area contributed by atoms with Crippen LogP contribution < -0.4 is 5.32 Å². The molecule has 0 atom stereocenters. The van der Waals surface area contributed by atoms with Crippen molar-refractivity contribution in [1.29, 1.82) is 0 Å². The number of benzene rings is 2. The average molecular weight is 534 g/mol. The summed E-state index contributed by atoms with van der Waals surface area (Å²) in [6.45, 7) is 7.95. The summed E-state index contributed by atoms with van der Waals surface area (Å²) in [6, 6.07) is 14.6. The molecule has 0 unspecified atom stereocenters. The maximum Gasteiger partial charge on any atom is 0.224 e. The first-order valence-corrected chi connectivity index (χ1v) is 13.0. The molecule has 0 spiro atoms. The third kappa shape index (κ3) is 5.05. The first-order valence-electron chi connectivity index (χ1n) is 13.0. The molecule has 3 N–H and O–H groups in total. The third-order valence-electron chi connectivity index (χ3n) is 6.58. The lowest BCUT2D eigenvalue weighted by atomic mass is 9.92. The highest BCUT2D eigenvalue weighted by atomic mass is 19.1. The number of nitrogens with zero attached hydrogens (tertiary/aromatic N) is 4. The molecule has 0 bridgehead atoms. The fourth-order valence-electron chi connectivity index (χ4n) is 4.88. The van der Waals surface area contributed by atoms with Crippen LogP contribution in [0.2, 0.25) is 0 Å². The van der Waals surface area contributed by atoms with Gasteiger partial charge in [-0.25, -0.2) is 14.4 Å². The number of imidazole rings is 1. The first-order chi connectivity index (χ1) is 19.1. The van der Waals surface area contributed by atoms with Crippen molar-refractivity contribution in [3.05, 3.63) is 78.5 Å². The van der Waals surface area contributed by atoms with Crippen molar-refractivity contribution in [1.82, 2.24) is 30.1 Å². The molecule has 4 heterocycles. The van der Waals surface area contributed by atoms with Crippen molar-refractivity contribution in [3.63, 3.8) is 0 Å². The highest BCUT2D eigenvalue weighted by Crippen LogP contribution is 2.33. The Bertz CT molecular complexity index is 1880. The number of aromatic nitrogens is 6. The number of H-pyrrole nitrogens is 2. The summed E-state index contributed by atoms with van der Waals surface area (Å²) in [5.74, 6) is 0.205. The summed E-state index contributed by atoms with van der Waals surface area (Å²) < 4.78 is 14.2. The van der Waals surface area contributed by atoms with E-state index in [0.29, 0.717) is 34.8 Å². The molecule has 0 radical (unpaired) electrons. The molecule has 0 saturated carbocycles. The second-order valence-electron chi connectivity index (χ2n) is 11.2. The lowest BCUT2D eigenvalue weighted by Crippen LogP contribution is -2.19. The van der Waals surface area contributed by atoms with Crippen molar-refractivity contribution in [2.75, 3.05) is 5.32 Å². The van der Waals surface area contributed by atoms with E-state index in [0.717, 1.165) is 38.7 Å². The zero-order valence-electron chi connectivity index (χ0n) is 22.6. The van der Waals surface area contributed by atoms with E-state index >= 15 is 0 Å². The van der Waals surface area contributed by atoms with E-state index in [1.807, 2.05) is 64.1 Å². The topological polar surface area (TPSA) is 112 Å². The Morgan fingerprint density at radius 3 is 2.65 bits per heavy atom.